The van der Waals surface area contributed by atoms with Crippen LogP contribution in [-0.4, -0.2) is 60.9 Å². The summed E-state index contributed by atoms with van der Waals surface area (Å²) in [7, 11) is -7.00. The Morgan fingerprint density at radius 3 is 2.50 bits per heavy atom. The maximum Gasteiger partial charge on any atom is 0.274 e. The van der Waals surface area contributed by atoms with E-state index in [-0.39, 0.29) is 34.5 Å². The molecule has 1 aromatic carbocycles. The summed E-state index contributed by atoms with van der Waals surface area (Å²) in [5, 5.41) is -0.572. The fourth-order valence-electron chi connectivity index (χ4n) is 3.19. The summed E-state index contributed by atoms with van der Waals surface area (Å²) in [6, 6.07) is 6.95. The lowest BCUT2D eigenvalue weighted by atomic mass is 10.1. The molecule has 8 nitrogen and oxygen atoms in total. The van der Waals surface area contributed by atoms with Crippen LogP contribution in [0.25, 0.3) is 0 Å². The van der Waals surface area contributed by atoms with Crippen molar-refractivity contribution < 1.29 is 21.6 Å². The standard InChI is InChI=1S/C19H22ClN3O5S2/c1-3-30(27,28)19-21-10-16(20)17(22-19)18(24)23(15-8-9-29(25,26)12-15)11-14-6-4-13(2)5-7-14/h4-7,10,15H,3,8-9,11-12H2,1-2H3. The number of carbonyl (C=O) groups excluding carboxylic acids is 1. The van der Waals surface area contributed by atoms with E-state index in [1.807, 2.05) is 31.2 Å². The van der Waals surface area contributed by atoms with Crippen LogP contribution in [0.1, 0.15) is 35.0 Å². The van der Waals surface area contributed by atoms with Crippen LogP contribution in [0.5, 0.6) is 0 Å². The van der Waals surface area contributed by atoms with E-state index in [9.17, 15) is 21.6 Å². The third-order valence-corrected chi connectivity index (χ3v) is 8.51. The molecule has 1 aliphatic rings. The van der Waals surface area contributed by atoms with E-state index in [2.05, 4.69) is 9.97 Å². The Morgan fingerprint density at radius 2 is 1.93 bits per heavy atom. The average Bonchev–Trinajstić information content (AvgIpc) is 3.06. The molecule has 1 aliphatic heterocycles. The number of carbonyl (C=O) groups is 1. The number of hydrogen-bond donors (Lipinski definition) is 0. The smallest absolute Gasteiger partial charge is 0.274 e. The Hall–Kier alpha value is -2.04. The molecule has 1 amide bonds. The molecule has 1 unspecified atom stereocenters. The average molecular weight is 472 g/mol. The molecular formula is C19H22ClN3O5S2. The zero-order chi connectivity index (χ0) is 22.1. The number of sulfone groups is 2. The number of hydrogen-bond acceptors (Lipinski definition) is 7. The highest BCUT2D eigenvalue weighted by Gasteiger charge is 2.36. The van der Waals surface area contributed by atoms with E-state index >= 15 is 0 Å². The Bertz CT molecular complexity index is 1170. The van der Waals surface area contributed by atoms with Crippen molar-refractivity contribution >= 4 is 37.2 Å². The SMILES string of the molecule is CCS(=O)(=O)c1ncc(Cl)c(C(=O)N(Cc2ccc(C)cc2)C2CCS(=O)(=O)C2)n1. The van der Waals surface area contributed by atoms with Gasteiger partial charge in [-0.05, 0) is 18.9 Å². The molecule has 0 N–H and O–H groups in total. The van der Waals surface area contributed by atoms with E-state index in [4.69, 9.17) is 11.6 Å². The van der Waals surface area contributed by atoms with Gasteiger partial charge in [0.05, 0.1) is 28.5 Å². The molecule has 0 saturated carbocycles. The second kappa shape index (κ2) is 8.60. The molecule has 2 heterocycles. The van der Waals surface area contributed by atoms with Crippen LogP contribution in [-0.2, 0) is 26.2 Å². The minimum Gasteiger partial charge on any atom is -0.329 e. The highest BCUT2D eigenvalue weighted by molar-refractivity contribution is 7.91. The molecule has 1 aromatic heterocycles. The molecule has 0 spiro atoms. The number of benzene rings is 1. The van der Waals surface area contributed by atoms with Crippen molar-refractivity contribution in [3.8, 4) is 0 Å². The molecule has 0 radical (unpaired) electrons. The van der Waals surface area contributed by atoms with Crippen LogP contribution in [0.15, 0.2) is 35.6 Å². The van der Waals surface area contributed by atoms with Crippen molar-refractivity contribution in [1.29, 1.82) is 0 Å². The summed E-state index contributed by atoms with van der Waals surface area (Å²) in [6.45, 7) is 3.53. The lowest BCUT2D eigenvalue weighted by Gasteiger charge is -2.28. The van der Waals surface area contributed by atoms with Gasteiger partial charge in [-0.1, -0.05) is 48.4 Å². The fraction of sp³-hybridized carbons (Fsp3) is 0.421. The van der Waals surface area contributed by atoms with E-state index in [1.54, 1.807) is 0 Å². The van der Waals surface area contributed by atoms with Crippen LogP contribution in [0.3, 0.4) is 0 Å². The van der Waals surface area contributed by atoms with Gasteiger partial charge in [0.1, 0.15) is 0 Å². The van der Waals surface area contributed by atoms with Crippen LogP contribution in [0, 0.1) is 6.92 Å². The second-order valence-corrected chi connectivity index (χ2v) is 12.0. The first-order valence-corrected chi connectivity index (χ1v) is 13.2. The molecular weight excluding hydrogens is 450 g/mol. The Labute approximate surface area is 181 Å². The van der Waals surface area contributed by atoms with Gasteiger partial charge < -0.3 is 4.90 Å². The first kappa shape index (κ1) is 22.6. The van der Waals surface area contributed by atoms with Crippen LogP contribution >= 0.6 is 11.6 Å². The predicted molar refractivity (Wildman–Crippen MR) is 113 cm³/mol. The number of aromatic nitrogens is 2. The molecule has 2 aromatic rings. The topological polar surface area (TPSA) is 114 Å². The molecule has 1 atom stereocenters. The fourth-order valence-corrected chi connectivity index (χ4v) is 5.80. The zero-order valence-electron chi connectivity index (χ0n) is 16.6. The number of aryl methyl sites for hydroxylation is 1. The first-order valence-electron chi connectivity index (χ1n) is 9.34. The number of amides is 1. The van der Waals surface area contributed by atoms with Gasteiger partial charge in [-0.25, -0.2) is 26.8 Å². The Kier molecular flexibility index (Phi) is 6.49. The summed E-state index contributed by atoms with van der Waals surface area (Å²) >= 11 is 6.13. The van der Waals surface area contributed by atoms with Crippen molar-refractivity contribution in [2.24, 2.45) is 0 Å². The number of nitrogens with zero attached hydrogens (tertiary/aromatic N) is 3. The number of halogens is 1. The van der Waals surface area contributed by atoms with Gasteiger partial charge in [0, 0.05) is 12.6 Å². The van der Waals surface area contributed by atoms with Crippen molar-refractivity contribution in [2.75, 3.05) is 17.3 Å². The quantitative estimate of drug-likeness (QED) is 0.592. The third-order valence-electron chi connectivity index (χ3n) is 4.97. The van der Waals surface area contributed by atoms with E-state index < -0.39 is 36.8 Å². The van der Waals surface area contributed by atoms with Gasteiger partial charge in [-0.3, -0.25) is 4.79 Å². The minimum absolute atomic E-state index is 0.0116. The van der Waals surface area contributed by atoms with E-state index in [0.29, 0.717) is 6.42 Å². The molecule has 0 bridgehead atoms. The van der Waals surface area contributed by atoms with Crippen LogP contribution in [0.2, 0.25) is 5.02 Å². The van der Waals surface area contributed by atoms with Gasteiger partial charge in [-0.15, -0.1) is 0 Å². The van der Waals surface area contributed by atoms with E-state index in [0.717, 1.165) is 17.3 Å². The normalized spacial score (nSPS) is 18.3. The van der Waals surface area contributed by atoms with Gasteiger partial charge >= 0.3 is 0 Å². The van der Waals surface area contributed by atoms with Gasteiger partial charge in [0.2, 0.25) is 15.0 Å². The molecule has 1 fully saturated rings. The lowest BCUT2D eigenvalue weighted by Crippen LogP contribution is -2.41. The monoisotopic (exact) mass is 471 g/mol. The minimum atomic E-state index is -3.75. The Balaban J connectivity index is 2.01. The molecule has 11 heteroatoms. The summed E-state index contributed by atoms with van der Waals surface area (Å²) in [6.07, 6.45) is 1.38. The van der Waals surface area contributed by atoms with Gasteiger partial charge in [0.15, 0.2) is 15.5 Å². The maximum absolute atomic E-state index is 13.4. The number of rotatable bonds is 6. The van der Waals surface area contributed by atoms with E-state index in [1.165, 1.54) is 11.8 Å². The summed E-state index contributed by atoms with van der Waals surface area (Å²) < 4.78 is 48.3. The molecule has 3 rings (SSSR count). The largest absolute Gasteiger partial charge is 0.329 e. The molecule has 162 valence electrons. The first-order chi connectivity index (χ1) is 14.0. The third kappa shape index (κ3) is 4.98. The predicted octanol–water partition coefficient (Wildman–Crippen LogP) is 2.06. The van der Waals surface area contributed by atoms with Crippen molar-refractivity contribution in [1.82, 2.24) is 14.9 Å². The van der Waals surface area contributed by atoms with Crippen molar-refractivity contribution in [3.05, 3.63) is 52.3 Å². The highest BCUT2D eigenvalue weighted by atomic mass is 35.5. The van der Waals surface area contributed by atoms with Gasteiger partial charge in [-0.2, -0.15) is 0 Å². The van der Waals surface area contributed by atoms with Crippen LogP contribution in [0.4, 0.5) is 0 Å². The molecule has 0 aliphatic carbocycles. The Morgan fingerprint density at radius 1 is 1.27 bits per heavy atom. The summed E-state index contributed by atoms with van der Waals surface area (Å²) in [5.41, 5.74) is 1.60. The van der Waals surface area contributed by atoms with Crippen LogP contribution < -0.4 is 0 Å². The zero-order valence-corrected chi connectivity index (χ0v) is 19.0. The van der Waals surface area contributed by atoms with Gasteiger partial charge in [0.25, 0.3) is 5.91 Å². The van der Waals surface area contributed by atoms with Crippen molar-refractivity contribution in [2.45, 2.75) is 38.0 Å². The maximum atomic E-state index is 13.4. The molecule has 30 heavy (non-hydrogen) atoms. The summed E-state index contributed by atoms with van der Waals surface area (Å²) in [4.78, 5) is 22.4. The molecule has 1 saturated heterocycles. The van der Waals surface area contributed by atoms with Crippen molar-refractivity contribution in [3.63, 3.8) is 0 Å². The summed E-state index contributed by atoms with van der Waals surface area (Å²) in [5.74, 6) is -1.02. The second-order valence-electron chi connectivity index (χ2n) is 7.23. The highest BCUT2D eigenvalue weighted by Crippen LogP contribution is 2.25. The lowest BCUT2D eigenvalue weighted by molar-refractivity contribution is 0.0674.